The lowest BCUT2D eigenvalue weighted by Gasteiger charge is -2.20. The minimum Gasteiger partial charge on any atom is -0.394 e. The number of hydrogen-bond acceptors (Lipinski definition) is 4. The number of carbonyl (C=O) groups excluding carboxylic acids is 1. The Kier molecular flexibility index (Phi) is 32.4. The van der Waals surface area contributed by atoms with Gasteiger partial charge in [-0.1, -0.05) is 152 Å². The molecular formula is C39H69NO4. The predicted molar refractivity (Wildman–Crippen MR) is 190 cm³/mol. The Bertz CT molecular complexity index is 770. The quantitative estimate of drug-likeness (QED) is 0.0462. The molecule has 5 nitrogen and oxygen atoms in total. The van der Waals surface area contributed by atoms with Crippen LogP contribution in [0, 0.1) is 0 Å². The second-order valence-corrected chi connectivity index (χ2v) is 12.1. The summed E-state index contributed by atoms with van der Waals surface area (Å²) in [6, 6.07) is -0.798. The third kappa shape index (κ3) is 30.1. The molecule has 0 saturated heterocycles. The number of hydrogen-bond donors (Lipinski definition) is 4. The van der Waals surface area contributed by atoms with Crippen molar-refractivity contribution in [3.05, 3.63) is 60.8 Å². The molecule has 0 aliphatic rings. The van der Waals surface area contributed by atoms with Gasteiger partial charge in [0.25, 0.3) is 0 Å². The van der Waals surface area contributed by atoms with Gasteiger partial charge in [0.1, 0.15) is 0 Å². The van der Waals surface area contributed by atoms with Gasteiger partial charge in [-0.05, 0) is 57.8 Å². The largest absolute Gasteiger partial charge is 0.394 e. The summed E-state index contributed by atoms with van der Waals surface area (Å²) in [6.45, 7) is 4.12. The van der Waals surface area contributed by atoms with Crippen LogP contribution in [0.15, 0.2) is 60.8 Å². The molecule has 3 atom stereocenters. The predicted octanol–water partition coefficient (Wildman–Crippen LogP) is 9.59. The van der Waals surface area contributed by atoms with Gasteiger partial charge in [0.05, 0.1) is 31.3 Å². The summed E-state index contributed by atoms with van der Waals surface area (Å²) in [7, 11) is 0. The van der Waals surface area contributed by atoms with E-state index in [9.17, 15) is 20.1 Å². The van der Waals surface area contributed by atoms with E-state index in [1.807, 2.05) is 12.2 Å². The van der Waals surface area contributed by atoms with Crippen molar-refractivity contribution in [1.82, 2.24) is 5.32 Å². The summed E-state index contributed by atoms with van der Waals surface area (Å²) < 4.78 is 0. The highest BCUT2D eigenvalue weighted by molar-refractivity contribution is 5.77. The van der Waals surface area contributed by atoms with E-state index in [1.54, 1.807) is 12.2 Å². The Morgan fingerprint density at radius 3 is 1.55 bits per heavy atom. The molecule has 0 rings (SSSR count). The number of aliphatic hydroxyl groups excluding tert-OH is 3. The van der Waals surface area contributed by atoms with Crippen molar-refractivity contribution in [2.24, 2.45) is 0 Å². The second kappa shape index (κ2) is 33.9. The van der Waals surface area contributed by atoms with E-state index in [4.69, 9.17) is 0 Å². The smallest absolute Gasteiger partial charge is 0.223 e. The SMILES string of the molecule is CCCCCCCC/C=C\C/C=C\C(O)CC(=O)NC(CO)C(O)/C=C/CC/C=C/CC/C=C/CCCCCCCCCC. The Hall–Kier alpha value is -1.95. The highest BCUT2D eigenvalue weighted by Gasteiger charge is 2.19. The van der Waals surface area contributed by atoms with Gasteiger partial charge in [0.15, 0.2) is 0 Å². The van der Waals surface area contributed by atoms with Crippen LogP contribution in [0.2, 0.25) is 0 Å². The van der Waals surface area contributed by atoms with Crippen LogP contribution < -0.4 is 5.32 Å². The first-order chi connectivity index (χ1) is 21.5. The molecule has 0 heterocycles. The molecule has 254 valence electrons. The summed E-state index contributed by atoms with van der Waals surface area (Å²) in [6.07, 6.45) is 43.7. The van der Waals surface area contributed by atoms with Crippen LogP contribution in [0.1, 0.15) is 155 Å². The summed E-state index contributed by atoms with van der Waals surface area (Å²) in [5.74, 6) is -0.401. The fourth-order valence-corrected chi connectivity index (χ4v) is 4.96. The van der Waals surface area contributed by atoms with E-state index in [-0.39, 0.29) is 13.0 Å². The molecule has 0 aromatic rings. The fraction of sp³-hybridized carbons (Fsp3) is 0.718. The Morgan fingerprint density at radius 1 is 0.568 bits per heavy atom. The number of aliphatic hydroxyl groups is 3. The molecule has 0 bridgehead atoms. The van der Waals surface area contributed by atoms with Crippen molar-refractivity contribution in [2.75, 3.05) is 6.61 Å². The third-order valence-electron chi connectivity index (χ3n) is 7.76. The number of amides is 1. The lowest BCUT2D eigenvalue weighted by atomic mass is 10.1. The van der Waals surface area contributed by atoms with Crippen molar-refractivity contribution in [3.63, 3.8) is 0 Å². The van der Waals surface area contributed by atoms with Gasteiger partial charge >= 0.3 is 0 Å². The average Bonchev–Trinajstić information content (AvgIpc) is 3.01. The number of nitrogens with one attached hydrogen (secondary N) is 1. The van der Waals surface area contributed by atoms with Gasteiger partial charge in [-0.15, -0.1) is 0 Å². The van der Waals surface area contributed by atoms with Crippen LogP contribution in [0.4, 0.5) is 0 Å². The Labute approximate surface area is 271 Å². The molecule has 5 heteroatoms. The van der Waals surface area contributed by atoms with E-state index >= 15 is 0 Å². The summed E-state index contributed by atoms with van der Waals surface area (Å²) in [5.41, 5.74) is 0. The van der Waals surface area contributed by atoms with Gasteiger partial charge in [-0.3, -0.25) is 4.79 Å². The maximum absolute atomic E-state index is 12.3. The van der Waals surface area contributed by atoms with Crippen LogP contribution in [-0.4, -0.2) is 46.1 Å². The lowest BCUT2D eigenvalue weighted by molar-refractivity contribution is -0.124. The van der Waals surface area contributed by atoms with Crippen molar-refractivity contribution in [1.29, 1.82) is 0 Å². The molecule has 0 fully saturated rings. The zero-order valence-corrected chi connectivity index (χ0v) is 28.5. The van der Waals surface area contributed by atoms with Crippen LogP contribution in [-0.2, 0) is 4.79 Å². The number of rotatable bonds is 31. The Balaban J connectivity index is 3.93. The van der Waals surface area contributed by atoms with Crippen molar-refractivity contribution < 1.29 is 20.1 Å². The Morgan fingerprint density at radius 2 is 1.02 bits per heavy atom. The van der Waals surface area contributed by atoms with Gasteiger partial charge in [-0.25, -0.2) is 0 Å². The highest BCUT2D eigenvalue weighted by atomic mass is 16.3. The normalized spacial score (nSPS) is 14.6. The third-order valence-corrected chi connectivity index (χ3v) is 7.76. The topological polar surface area (TPSA) is 89.8 Å². The average molecular weight is 616 g/mol. The summed E-state index contributed by atoms with van der Waals surface area (Å²) in [4.78, 5) is 12.3. The molecule has 3 unspecified atom stereocenters. The monoisotopic (exact) mass is 616 g/mol. The minimum atomic E-state index is -0.983. The van der Waals surface area contributed by atoms with Gasteiger partial charge in [0, 0.05) is 0 Å². The van der Waals surface area contributed by atoms with E-state index in [2.05, 4.69) is 55.6 Å². The van der Waals surface area contributed by atoms with Crippen molar-refractivity contribution >= 4 is 5.91 Å². The molecule has 0 radical (unpaired) electrons. The first-order valence-electron chi connectivity index (χ1n) is 18.1. The van der Waals surface area contributed by atoms with E-state index in [0.717, 1.165) is 38.5 Å². The molecule has 0 aromatic carbocycles. The molecular weight excluding hydrogens is 546 g/mol. The number of unbranched alkanes of at least 4 members (excludes halogenated alkanes) is 16. The molecule has 44 heavy (non-hydrogen) atoms. The highest BCUT2D eigenvalue weighted by Crippen LogP contribution is 2.10. The fourth-order valence-electron chi connectivity index (χ4n) is 4.96. The van der Waals surface area contributed by atoms with Crippen molar-refractivity contribution in [2.45, 2.75) is 173 Å². The van der Waals surface area contributed by atoms with Crippen molar-refractivity contribution in [3.8, 4) is 0 Å². The zero-order chi connectivity index (χ0) is 32.4. The van der Waals surface area contributed by atoms with E-state index < -0.39 is 24.2 Å². The van der Waals surface area contributed by atoms with Gasteiger partial charge < -0.3 is 20.6 Å². The molecule has 1 amide bonds. The summed E-state index contributed by atoms with van der Waals surface area (Å²) in [5, 5.41) is 32.8. The van der Waals surface area contributed by atoms with Crippen LogP contribution in [0.5, 0.6) is 0 Å². The molecule has 0 aromatic heterocycles. The lowest BCUT2D eigenvalue weighted by Crippen LogP contribution is -2.45. The van der Waals surface area contributed by atoms with Gasteiger partial charge in [-0.2, -0.15) is 0 Å². The van der Waals surface area contributed by atoms with Crippen LogP contribution >= 0.6 is 0 Å². The van der Waals surface area contributed by atoms with E-state index in [1.165, 1.54) is 96.3 Å². The van der Waals surface area contributed by atoms with Crippen LogP contribution in [0.25, 0.3) is 0 Å². The second-order valence-electron chi connectivity index (χ2n) is 12.1. The molecule has 0 aliphatic carbocycles. The van der Waals surface area contributed by atoms with Gasteiger partial charge in [0.2, 0.25) is 5.91 Å². The number of allylic oxidation sites excluding steroid dienone is 8. The van der Waals surface area contributed by atoms with E-state index in [0.29, 0.717) is 0 Å². The molecule has 4 N–H and O–H groups in total. The zero-order valence-electron chi connectivity index (χ0n) is 28.5. The summed E-state index contributed by atoms with van der Waals surface area (Å²) >= 11 is 0. The maximum atomic E-state index is 12.3. The maximum Gasteiger partial charge on any atom is 0.223 e. The molecule has 0 aliphatic heterocycles. The first-order valence-corrected chi connectivity index (χ1v) is 18.1. The molecule has 0 spiro atoms. The van der Waals surface area contributed by atoms with Crippen LogP contribution in [0.3, 0.4) is 0 Å². The first kappa shape index (κ1) is 42.0. The minimum absolute atomic E-state index is 0.107. The standard InChI is InChI=1S/C39H69NO4/c1-3-5-7-9-11-13-15-16-17-18-19-20-21-23-25-27-29-31-33-38(43)37(35-41)40-39(44)34-36(42)32-30-28-26-24-22-14-12-10-8-6-4-2/h18-19,23-26,30-33,36-38,41-43H,3-17,20-22,27-29,34-35H2,1-2H3,(H,40,44)/b19-18+,25-23+,26-24-,32-30-,33-31+. The molecule has 0 saturated carbocycles. The number of carbonyl (C=O) groups is 1.